The Balaban J connectivity index is 4.20. The van der Waals surface area contributed by atoms with Gasteiger partial charge in [-0.2, -0.15) is 0 Å². The molecule has 0 fully saturated rings. The van der Waals surface area contributed by atoms with Crippen LogP contribution in [0.15, 0.2) is 0 Å². The molecule has 2 unspecified atom stereocenters. The van der Waals surface area contributed by atoms with Crippen LogP contribution >= 0.6 is 0 Å². The summed E-state index contributed by atoms with van der Waals surface area (Å²) in [5.74, 6) is -3.03. The number of carbonyl (C=O) groups is 3. The van der Waals surface area contributed by atoms with Crippen molar-refractivity contribution in [3.63, 3.8) is 0 Å². The Morgan fingerprint density at radius 2 is 1.94 bits per heavy atom. The van der Waals surface area contributed by atoms with Crippen molar-refractivity contribution in [2.45, 2.75) is 24.9 Å². The quantitative estimate of drug-likeness (QED) is 0.405. The molecule has 0 saturated carbocycles. The van der Waals surface area contributed by atoms with Gasteiger partial charge >= 0.3 is 11.9 Å². The van der Waals surface area contributed by atoms with E-state index in [4.69, 9.17) is 15.9 Å². The third-order valence-electron chi connectivity index (χ3n) is 1.95. The van der Waals surface area contributed by atoms with Crippen LogP contribution in [0.3, 0.4) is 0 Å². The standard InChI is InChI=1S/C9H16N2O6/c1-17-4-6(9(15)16)11-8(14)5(10)2-3-7(12)13/h5-6H,2-4,10H2,1H3,(H,11,14)(H,12,13)(H,15,16). The molecule has 0 aromatic carbocycles. The van der Waals surface area contributed by atoms with Gasteiger partial charge < -0.3 is 26.0 Å². The first-order valence-electron chi connectivity index (χ1n) is 4.88. The van der Waals surface area contributed by atoms with Gasteiger partial charge in [-0.1, -0.05) is 0 Å². The van der Waals surface area contributed by atoms with Crippen molar-refractivity contribution in [1.29, 1.82) is 0 Å². The Kier molecular flexibility index (Phi) is 6.83. The summed E-state index contributed by atoms with van der Waals surface area (Å²) in [6.45, 7) is -0.188. The number of rotatable bonds is 8. The van der Waals surface area contributed by atoms with E-state index in [2.05, 4.69) is 10.1 Å². The maximum atomic E-state index is 11.4. The molecule has 0 rings (SSSR count). The first kappa shape index (κ1) is 15.3. The van der Waals surface area contributed by atoms with Crippen molar-refractivity contribution in [1.82, 2.24) is 5.32 Å². The second-order valence-electron chi connectivity index (χ2n) is 3.39. The van der Waals surface area contributed by atoms with Gasteiger partial charge in [-0.05, 0) is 6.42 Å². The number of amides is 1. The van der Waals surface area contributed by atoms with Crippen LogP contribution in [0.5, 0.6) is 0 Å². The molecule has 17 heavy (non-hydrogen) atoms. The van der Waals surface area contributed by atoms with E-state index in [1.54, 1.807) is 0 Å². The largest absolute Gasteiger partial charge is 0.481 e. The summed E-state index contributed by atoms with van der Waals surface area (Å²) in [5.41, 5.74) is 5.40. The van der Waals surface area contributed by atoms with Gasteiger partial charge in [0.25, 0.3) is 0 Å². The maximum Gasteiger partial charge on any atom is 0.328 e. The van der Waals surface area contributed by atoms with Crippen LogP contribution in [0.1, 0.15) is 12.8 Å². The molecule has 98 valence electrons. The summed E-state index contributed by atoms with van der Waals surface area (Å²) in [6.07, 6.45) is -0.308. The zero-order chi connectivity index (χ0) is 13.4. The molecule has 0 saturated heterocycles. The molecular weight excluding hydrogens is 232 g/mol. The smallest absolute Gasteiger partial charge is 0.328 e. The van der Waals surface area contributed by atoms with Crippen molar-refractivity contribution in [3.8, 4) is 0 Å². The van der Waals surface area contributed by atoms with E-state index in [0.717, 1.165) is 0 Å². The van der Waals surface area contributed by atoms with Gasteiger partial charge in [0.15, 0.2) is 6.04 Å². The second kappa shape index (κ2) is 7.58. The van der Waals surface area contributed by atoms with E-state index in [0.29, 0.717) is 0 Å². The number of nitrogens with one attached hydrogen (secondary N) is 1. The first-order valence-corrected chi connectivity index (χ1v) is 4.88. The van der Waals surface area contributed by atoms with Gasteiger partial charge in [0, 0.05) is 13.5 Å². The van der Waals surface area contributed by atoms with Gasteiger partial charge in [-0.25, -0.2) is 4.79 Å². The minimum atomic E-state index is -1.24. The average Bonchev–Trinajstić information content (AvgIpc) is 2.24. The zero-order valence-electron chi connectivity index (χ0n) is 9.38. The number of methoxy groups -OCH3 is 1. The van der Waals surface area contributed by atoms with Crippen LogP contribution in [0, 0.1) is 0 Å². The molecule has 5 N–H and O–H groups in total. The normalized spacial score (nSPS) is 13.8. The van der Waals surface area contributed by atoms with Crippen LogP contribution in [-0.4, -0.2) is 53.9 Å². The van der Waals surface area contributed by atoms with Gasteiger partial charge in [-0.3, -0.25) is 9.59 Å². The molecule has 0 aromatic rings. The lowest BCUT2D eigenvalue weighted by Gasteiger charge is -2.16. The average molecular weight is 248 g/mol. The first-order chi connectivity index (χ1) is 7.88. The maximum absolute atomic E-state index is 11.4. The lowest BCUT2D eigenvalue weighted by atomic mass is 10.1. The van der Waals surface area contributed by atoms with Gasteiger partial charge in [-0.15, -0.1) is 0 Å². The molecule has 8 nitrogen and oxygen atoms in total. The Hall–Kier alpha value is -1.67. The Morgan fingerprint density at radius 1 is 1.35 bits per heavy atom. The van der Waals surface area contributed by atoms with Gasteiger partial charge in [0.1, 0.15) is 0 Å². The molecule has 0 spiro atoms. The molecule has 0 aliphatic heterocycles. The van der Waals surface area contributed by atoms with Crippen molar-refractivity contribution in [2.75, 3.05) is 13.7 Å². The summed E-state index contributed by atoms with van der Waals surface area (Å²) in [7, 11) is 1.30. The molecule has 1 amide bonds. The van der Waals surface area contributed by atoms with Crippen LogP contribution < -0.4 is 11.1 Å². The van der Waals surface area contributed by atoms with Crippen LogP contribution in [-0.2, 0) is 19.1 Å². The molecule has 0 aromatic heterocycles. The van der Waals surface area contributed by atoms with E-state index in [1.807, 2.05) is 0 Å². The number of carboxylic acids is 2. The lowest BCUT2D eigenvalue weighted by molar-refractivity contribution is -0.143. The summed E-state index contributed by atoms with van der Waals surface area (Å²) < 4.78 is 4.61. The summed E-state index contributed by atoms with van der Waals surface area (Å²) >= 11 is 0. The van der Waals surface area contributed by atoms with E-state index >= 15 is 0 Å². The van der Waals surface area contributed by atoms with Gasteiger partial charge in [0.2, 0.25) is 5.91 Å². The SMILES string of the molecule is COCC(NC(=O)C(N)CCC(=O)O)C(=O)O. The number of hydrogen-bond acceptors (Lipinski definition) is 5. The Labute approximate surface area is 97.7 Å². The molecule has 0 radical (unpaired) electrons. The molecule has 0 bridgehead atoms. The van der Waals surface area contributed by atoms with Crippen LogP contribution in [0.2, 0.25) is 0 Å². The van der Waals surface area contributed by atoms with Crippen molar-refractivity contribution < 1.29 is 29.3 Å². The summed E-state index contributed by atoms with van der Waals surface area (Å²) in [6, 6.07) is -2.24. The minimum absolute atomic E-state index is 0.0551. The van der Waals surface area contributed by atoms with Crippen molar-refractivity contribution in [3.05, 3.63) is 0 Å². The number of ether oxygens (including phenoxy) is 1. The molecule has 0 heterocycles. The van der Waals surface area contributed by atoms with Crippen LogP contribution in [0.4, 0.5) is 0 Å². The Morgan fingerprint density at radius 3 is 2.35 bits per heavy atom. The van der Waals surface area contributed by atoms with E-state index in [9.17, 15) is 14.4 Å². The molecular formula is C9H16N2O6. The third kappa shape index (κ3) is 6.48. The number of carboxylic acid groups (broad SMARTS) is 2. The molecule has 8 heteroatoms. The third-order valence-corrected chi connectivity index (χ3v) is 1.95. The van der Waals surface area contributed by atoms with E-state index in [-0.39, 0.29) is 19.4 Å². The lowest BCUT2D eigenvalue weighted by Crippen LogP contribution is -2.50. The van der Waals surface area contributed by atoms with E-state index < -0.39 is 29.9 Å². The number of nitrogens with two attached hydrogens (primary N) is 1. The fourth-order valence-electron chi connectivity index (χ4n) is 1.03. The highest BCUT2D eigenvalue weighted by atomic mass is 16.5. The highest BCUT2D eigenvalue weighted by Crippen LogP contribution is 1.96. The molecule has 0 aliphatic carbocycles. The monoisotopic (exact) mass is 248 g/mol. The fraction of sp³-hybridized carbons (Fsp3) is 0.667. The Bertz CT molecular complexity index is 293. The van der Waals surface area contributed by atoms with Crippen LogP contribution in [0.25, 0.3) is 0 Å². The predicted molar refractivity (Wildman–Crippen MR) is 56.3 cm³/mol. The number of carbonyl (C=O) groups excluding carboxylic acids is 1. The predicted octanol–water partition coefficient (Wildman–Crippen LogP) is -1.61. The highest BCUT2D eigenvalue weighted by Gasteiger charge is 2.23. The highest BCUT2D eigenvalue weighted by molar-refractivity contribution is 5.87. The fourth-order valence-corrected chi connectivity index (χ4v) is 1.03. The summed E-state index contributed by atoms with van der Waals surface area (Å²) in [4.78, 5) is 32.3. The zero-order valence-corrected chi connectivity index (χ0v) is 9.38. The number of hydrogen-bond donors (Lipinski definition) is 4. The second-order valence-corrected chi connectivity index (χ2v) is 3.39. The molecule has 0 aliphatic rings. The summed E-state index contributed by atoms with van der Waals surface area (Å²) in [5, 5.41) is 19.3. The van der Waals surface area contributed by atoms with Crippen molar-refractivity contribution in [2.24, 2.45) is 5.73 Å². The number of aliphatic carboxylic acids is 2. The van der Waals surface area contributed by atoms with Gasteiger partial charge in [0.05, 0.1) is 12.6 Å². The van der Waals surface area contributed by atoms with Crippen molar-refractivity contribution >= 4 is 17.8 Å². The topological polar surface area (TPSA) is 139 Å². The van der Waals surface area contributed by atoms with E-state index in [1.165, 1.54) is 7.11 Å². The molecule has 2 atom stereocenters. The minimum Gasteiger partial charge on any atom is -0.481 e.